The Kier molecular flexibility index (Phi) is 8.72. The van der Waals surface area contributed by atoms with Gasteiger partial charge in [0, 0.05) is 12.7 Å². The van der Waals surface area contributed by atoms with E-state index in [-0.39, 0.29) is 24.8 Å². The molecule has 18 heavy (non-hydrogen) atoms. The van der Waals surface area contributed by atoms with Crippen molar-refractivity contribution in [1.29, 1.82) is 0 Å². The van der Waals surface area contributed by atoms with Crippen molar-refractivity contribution in [1.82, 2.24) is 4.98 Å². The molecule has 7 heteroatoms. The third-order valence-electron chi connectivity index (χ3n) is 1.69. The van der Waals surface area contributed by atoms with Gasteiger partial charge in [-0.2, -0.15) is 0 Å². The molecule has 5 nitrogen and oxygen atoms in total. The number of carbonyl (C=O) groups excluding carboxylic acids is 1. The fourth-order valence-electron chi connectivity index (χ4n) is 1.08. The summed E-state index contributed by atoms with van der Waals surface area (Å²) in [7, 11) is 0. The molecule has 1 aromatic rings. The van der Waals surface area contributed by atoms with Crippen molar-refractivity contribution in [2.24, 2.45) is 5.73 Å². The second-order valence-corrected chi connectivity index (χ2v) is 4.38. The van der Waals surface area contributed by atoms with E-state index < -0.39 is 11.7 Å². The Morgan fingerprint density at radius 2 is 2.06 bits per heavy atom. The molecule has 104 valence electrons. The van der Waals surface area contributed by atoms with Gasteiger partial charge in [0.05, 0.1) is 0 Å². The van der Waals surface area contributed by atoms with Gasteiger partial charge in [-0.1, -0.05) is 0 Å². The summed E-state index contributed by atoms with van der Waals surface area (Å²) in [5.41, 5.74) is 5.87. The summed E-state index contributed by atoms with van der Waals surface area (Å²) in [6.45, 7) is 5.81. The molecular formula is C11H19Cl2N3O2. The lowest BCUT2D eigenvalue weighted by Gasteiger charge is -2.19. The number of hydrogen-bond acceptors (Lipinski definition) is 4. The molecule has 0 bridgehead atoms. The van der Waals surface area contributed by atoms with Gasteiger partial charge in [0.15, 0.2) is 0 Å². The van der Waals surface area contributed by atoms with Crippen LogP contribution in [0.15, 0.2) is 18.3 Å². The number of rotatable bonds is 2. The molecule has 0 spiro atoms. The van der Waals surface area contributed by atoms with E-state index >= 15 is 0 Å². The molecule has 0 unspecified atom stereocenters. The van der Waals surface area contributed by atoms with Gasteiger partial charge in [0.1, 0.15) is 11.4 Å². The van der Waals surface area contributed by atoms with Crippen LogP contribution in [-0.2, 0) is 11.3 Å². The maximum atomic E-state index is 11.4. The first-order valence-electron chi connectivity index (χ1n) is 5.06. The number of pyridine rings is 1. The molecule has 0 radical (unpaired) electrons. The number of halogens is 2. The van der Waals surface area contributed by atoms with E-state index in [2.05, 4.69) is 10.3 Å². The molecule has 1 heterocycles. The van der Waals surface area contributed by atoms with Crippen molar-refractivity contribution in [3.63, 3.8) is 0 Å². The SMILES string of the molecule is CC(C)(C)OC(=O)Nc1cc(CN)ccn1.Cl.Cl. The van der Waals surface area contributed by atoms with Crippen molar-refractivity contribution < 1.29 is 9.53 Å². The van der Waals surface area contributed by atoms with Crippen LogP contribution in [0.25, 0.3) is 0 Å². The topological polar surface area (TPSA) is 77.2 Å². The lowest BCUT2D eigenvalue weighted by Crippen LogP contribution is -2.27. The number of ether oxygens (including phenoxy) is 1. The summed E-state index contributed by atoms with van der Waals surface area (Å²) >= 11 is 0. The standard InChI is InChI=1S/C11H17N3O2.2ClH/c1-11(2,3)16-10(15)14-9-6-8(7-12)4-5-13-9;;/h4-6H,7,12H2,1-3H3,(H,13,14,15);2*1H. The summed E-state index contributed by atoms with van der Waals surface area (Å²) in [5.74, 6) is 0.442. The highest BCUT2D eigenvalue weighted by Crippen LogP contribution is 2.10. The molecule has 0 saturated carbocycles. The van der Waals surface area contributed by atoms with Crippen molar-refractivity contribution >= 4 is 36.7 Å². The quantitative estimate of drug-likeness (QED) is 0.879. The molecule has 0 fully saturated rings. The van der Waals surface area contributed by atoms with Crippen molar-refractivity contribution in [2.75, 3.05) is 5.32 Å². The zero-order valence-corrected chi connectivity index (χ0v) is 12.2. The van der Waals surface area contributed by atoms with Crippen molar-refractivity contribution in [2.45, 2.75) is 32.9 Å². The summed E-state index contributed by atoms with van der Waals surface area (Å²) in [4.78, 5) is 15.4. The molecule has 0 saturated heterocycles. The third-order valence-corrected chi connectivity index (χ3v) is 1.69. The Morgan fingerprint density at radius 3 is 2.56 bits per heavy atom. The number of carbonyl (C=O) groups is 1. The van der Waals surface area contributed by atoms with Crippen molar-refractivity contribution in [3.05, 3.63) is 23.9 Å². The van der Waals surface area contributed by atoms with E-state index in [1.165, 1.54) is 0 Å². The highest BCUT2D eigenvalue weighted by atomic mass is 35.5. The van der Waals surface area contributed by atoms with Crippen LogP contribution in [0, 0.1) is 0 Å². The molecule has 1 aromatic heterocycles. The van der Waals surface area contributed by atoms with Gasteiger partial charge < -0.3 is 10.5 Å². The van der Waals surface area contributed by atoms with Gasteiger partial charge in [0.25, 0.3) is 0 Å². The highest BCUT2D eigenvalue weighted by Gasteiger charge is 2.16. The number of aromatic nitrogens is 1. The van der Waals surface area contributed by atoms with E-state index in [1.807, 2.05) is 0 Å². The van der Waals surface area contributed by atoms with Crippen LogP contribution in [0.1, 0.15) is 26.3 Å². The first-order valence-corrected chi connectivity index (χ1v) is 5.06. The first kappa shape index (κ1) is 19.3. The van der Waals surface area contributed by atoms with Crippen LogP contribution in [0.5, 0.6) is 0 Å². The predicted molar refractivity (Wildman–Crippen MR) is 76.5 cm³/mol. The molecule has 0 atom stereocenters. The maximum absolute atomic E-state index is 11.4. The van der Waals surface area contributed by atoms with E-state index in [1.54, 1.807) is 39.1 Å². The number of nitrogens with zero attached hydrogens (tertiary/aromatic N) is 1. The Hall–Kier alpha value is -1.04. The van der Waals surface area contributed by atoms with Crippen LogP contribution >= 0.6 is 24.8 Å². The van der Waals surface area contributed by atoms with Gasteiger partial charge in [-0.05, 0) is 38.5 Å². The molecule has 0 aliphatic carbocycles. The molecule has 1 rings (SSSR count). The first-order chi connectivity index (χ1) is 7.40. The lowest BCUT2D eigenvalue weighted by atomic mass is 10.2. The van der Waals surface area contributed by atoms with Crippen LogP contribution in [0.4, 0.5) is 10.6 Å². The number of amides is 1. The van der Waals surface area contributed by atoms with Gasteiger partial charge in [-0.3, -0.25) is 5.32 Å². The molecular weight excluding hydrogens is 277 g/mol. The Labute approximate surface area is 119 Å². The lowest BCUT2D eigenvalue weighted by molar-refractivity contribution is 0.0635. The number of nitrogens with two attached hydrogens (primary N) is 1. The summed E-state index contributed by atoms with van der Waals surface area (Å²) in [5, 5.41) is 2.55. The summed E-state index contributed by atoms with van der Waals surface area (Å²) < 4.78 is 5.09. The van der Waals surface area contributed by atoms with E-state index in [0.717, 1.165) is 5.56 Å². The van der Waals surface area contributed by atoms with Gasteiger partial charge in [-0.25, -0.2) is 9.78 Å². The Bertz CT molecular complexity index is 381. The second kappa shape index (κ2) is 8.13. The molecule has 0 aliphatic rings. The summed E-state index contributed by atoms with van der Waals surface area (Å²) in [6, 6.07) is 3.50. The van der Waals surface area contributed by atoms with E-state index in [4.69, 9.17) is 10.5 Å². The Balaban J connectivity index is 0. The van der Waals surface area contributed by atoms with E-state index in [9.17, 15) is 4.79 Å². The molecule has 0 aromatic carbocycles. The zero-order valence-electron chi connectivity index (χ0n) is 10.6. The molecule has 3 N–H and O–H groups in total. The highest BCUT2D eigenvalue weighted by molar-refractivity contribution is 5.85. The predicted octanol–water partition coefficient (Wildman–Crippen LogP) is 2.73. The fourth-order valence-corrected chi connectivity index (χ4v) is 1.08. The summed E-state index contributed by atoms with van der Waals surface area (Å²) in [6.07, 6.45) is 1.07. The fraction of sp³-hybridized carbons (Fsp3) is 0.455. The van der Waals surface area contributed by atoms with Gasteiger partial charge in [-0.15, -0.1) is 24.8 Å². The molecule has 0 aliphatic heterocycles. The zero-order chi connectivity index (χ0) is 12.2. The number of anilines is 1. The minimum Gasteiger partial charge on any atom is -0.444 e. The normalized spacial score (nSPS) is 9.78. The maximum Gasteiger partial charge on any atom is 0.413 e. The van der Waals surface area contributed by atoms with Crippen molar-refractivity contribution in [3.8, 4) is 0 Å². The largest absolute Gasteiger partial charge is 0.444 e. The monoisotopic (exact) mass is 295 g/mol. The molecule has 1 amide bonds. The average Bonchev–Trinajstić information content (AvgIpc) is 2.15. The second-order valence-electron chi connectivity index (χ2n) is 4.38. The number of nitrogens with one attached hydrogen (secondary N) is 1. The average molecular weight is 296 g/mol. The van der Waals surface area contributed by atoms with E-state index in [0.29, 0.717) is 12.4 Å². The Morgan fingerprint density at radius 1 is 1.44 bits per heavy atom. The third kappa shape index (κ3) is 7.32. The smallest absolute Gasteiger partial charge is 0.413 e. The van der Waals surface area contributed by atoms with Gasteiger partial charge in [0.2, 0.25) is 0 Å². The van der Waals surface area contributed by atoms with Gasteiger partial charge >= 0.3 is 6.09 Å². The minimum atomic E-state index is -0.519. The van der Waals surface area contributed by atoms with Crippen LogP contribution in [-0.4, -0.2) is 16.7 Å². The van der Waals surface area contributed by atoms with Crippen LogP contribution in [0.2, 0.25) is 0 Å². The number of hydrogen-bond donors (Lipinski definition) is 2. The van der Waals surface area contributed by atoms with Crippen LogP contribution < -0.4 is 11.1 Å². The minimum absolute atomic E-state index is 0. The van der Waals surface area contributed by atoms with Crippen LogP contribution in [0.3, 0.4) is 0 Å².